The third-order valence-corrected chi connectivity index (χ3v) is 4.62. The minimum absolute atomic E-state index is 0.0596. The first-order valence-electron chi connectivity index (χ1n) is 6.55. The summed E-state index contributed by atoms with van der Waals surface area (Å²) in [5.41, 5.74) is -0.406. The van der Waals surface area contributed by atoms with Gasteiger partial charge >= 0.3 is 5.97 Å². The Kier molecular flexibility index (Phi) is 5.61. The van der Waals surface area contributed by atoms with E-state index in [0.29, 0.717) is 0 Å². The van der Waals surface area contributed by atoms with Gasteiger partial charge in [0, 0.05) is 6.07 Å². The molecule has 22 heavy (non-hydrogen) atoms. The van der Waals surface area contributed by atoms with Crippen molar-refractivity contribution in [2.24, 2.45) is 5.92 Å². The highest BCUT2D eigenvalue weighted by Gasteiger charge is 2.32. The molecule has 1 aromatic carbocycles. The van der Waals surface area contributed by atoms with Crippen LogP contribution >= 0.6 is 0 Å². The lowest BCUT2D eigenvalue weighted by Gasteiger charge is -2.17. The molecule has 0 saturated heterocycles. The maximum Gasteiger partial charge on any atom is 0.321 e. The molecule has 0 amide bonds. The number of carbonyl (C=O) groups is 1. The van der Waals surface area contributed by atoms with Gasteiger partial charge < -0.3 is 5.11 Å². The van der Waals surface area contributed by atoms with E-state index in [-0.39, 0.29) is 17.9 Å². The number of sulfonamides is 1. The van der Waals surface area contributed by atoms with Gasteiger partial charge in [0.1, 0.15) is 6.04 Å². The molecular weight excluding hydrogens is 312 g/mol. The molecule has 0 aliphatic rings. The van der Waals surface area contributed by atoms with Gasteiger partial charge in [0.05, 0.1) is 4.92 Å². The maximum absolute atomic E-state index is 12.4. The number of hydrogen-bond acceptors (Lipinski definition) is 5. The molecule has 0 aromatic heterocycles. The van der Waals surface area contributed by atoms with E-state index in [0.717, 1.165) is 6.07 Å². The van der Waals surface area contributed by atoms with Gasteiger partial charge in [-0.05, 0) is 24.8 Å². The Hall–Kier alpha value is -2.00. The molecule has 1 atom stereocenters. The summed E-state index contributed by atoms with van der Waals surface area (Å²) in [4.78, 5) is 20.9. The van der Waals surface area contributed by atoms with E-state index in [2.05, 4.69) is 0 Å². The average Bonchev–Trinajstić information content (AvgIpc) is 2.36. The number of aliphatic carboxylic acids is 1. The number of benzene rings is 1. The normalized spacial score (nSPS) is 13.1. The molecule has 0 fully saturated rings. The van der Waals surface area contributed by atoms with Crippen molar-refractivity contribution in [3.63, 3.8) is 0 Å². The van der Waals surface area contributed by atoms with Gasteiger partial charge in [-0.1, -0.05) is 26.0 Å². The first-order valence-corrected chi connectivity index (χ1v) is 8.03. The van der Waals surface area contributed by atoms with Crippen molar-refractivity contribution in [3.05, 3.63) is 33.9 Å². The fourth-order valence-corrected chi connectivity index (χ4v) is 3.65. The Morgan fingerprint density at radius 3 is 2.45 bits per heavy atom. The van der Waals surface area contributed by atoms with E-state index < -0.39 is 37.5 Å². The van der Waals surface area contributed by atoms with Gasteiger partial charge in [-0.2, -0.15) is 4.72 Å². The van der Waals surface area contributed by atoms with Crippen LogP contribution in [0.25, 0.3) is 0 Å². The number of carboxylic acids is 1. The van der Waals surface area contributed by atoms with Gasteiger partial charge in [-0.3, -0.25) is 14.9 Å². The molecule has 122 valence electrons. The molecule has 2 N–H and O–H groups in total. The number of nitrogens with zero attached hydrogens (tertiary/aromatic N) is 1. The monoisotopic (exact) mass is 330 g/mol. The van der Waals surface area contributed by atoms with Crippen molar-refractivity contribution in [2.75, 3.05) is 0 Å². The predicted molar refractivity (Wildman–Crippen MR) is 79.0 cm³/mol. The highest BCUT2D eigenvalue weighted by atomic mass is 32.2. The molecular formula is C13H18N2O6S. The van der Waals surface area contributed by atoms with Crippen LogP contribution in [-0.2, 0) is 14.8 Å². The van der Waals surface area contributed by atoms with Crippen LogP contribution in [0.15, 0.2) is 23.1 Å². The van der Waals surface area contributed by atoms with Crippen molar-refractivity contribution in [2.45, 2.75) is 38.1 Å². The molecule has 0 saturated carbocycles. The highest BCUT2D eigenvalue weighted by molar-refractivity contribution is 7.89. The fraction of sp³-hybridized carbons (Fsp3) is 0.462. The molecule has 8 nitrogen and oxygen atoms in total. The van der Waals surface area contributed by atoms with Crippen LogP contribution in [0, 0.1) is 23.0 Å². The third kappa shape index (κ3) is 4.25. The third-order valence-electron chi connectivity index (χ3n) is 2.96. The first kappa shape index (κ1) is 18.1. The summed E-state index contributed by atoms with van der Waals surface area (Å²) in [6.45, 7) is 4.92. The highest BCUT2D eigenvalue weighted by Crippen LogP contribution is 2.27. The molecule has 0 radical (unpaired) electrons. The zero-order chi connectivity index (χ0) is 17.1. The largest absolute Gasteiger partial charge is 0.480 e. The Labute approximate surface area is 128 Å². The van der Waals surface area contributed by atoms with Gasteiger partial charge in [0.15, 0.2) is 4.90 Å². The molecule has 1 aromatic rings. The topological polar surface area (TPSA) is 127 Å². The van der Waals surface area contributed by atoms with Gasteiger partial charge in [0.25, 0.3) is 5.69 Å². The molecule has 0 unspecified atom stereocenters. The van der Waals surface area contributed by atoms with E-state index in [1.54, 1.807) is 13.8 Å². The van der Waals surface area contributed by atoms with Crippen LogP contribution in [0.1, 0.15) is 25.8 Å². The second-order valence-electron chi connectivity index (χ2n) is 5.32. The van der Waals surface area contributed by atoms with Crippen molar-refractivity contribution in [1.82, 2.24) is 4.72 Å². The summed E-state index contributed by atoms with van der Waals surface area (Å²) in [7, 11) is -4.33. The predicted octanol–water partition coefficient (Wildman–Crippen LogP) is 1.68. The van der Waals surface area contributed by atoms with Crippen molar-refractivity contribution in [1.29, 1.82) is 0 Å². The lowest BCUT2D eigenvalue weighted by Crippen LogP contribution is -2.41. The molecule has 0 bridgehead atoms. The summed E-state index contributed by atoms with van der Waals surface area (Å²) in [5, 5.41) is 20.1. The number of hydrogen-bond donors (Lipinski definition) is 2. The van der Waals surface area contributed by atoms with Crippen LogP contribution < -0.4 is 4.72 Å². The van der Waals surface area contributed by atoms with E-state index in [9.17, 15) is 23.3 Å². The van der Waals surface area contributed by atoms with Crippen LogP contribution in [0.5, 0.6) is 0 Å². The minimum Gasteiger partial charge on any atom is -0.480 e. The summed E-state index contributed by atoms with van der Waals surface area (Å²) in [5.74, 6) is -1.39. The first-order chi connectivity index (χ1) is 10.1. The smallest absolute Gasteiger partial charge is 0.321 e. The molecule has 0 heterocycles. The number of nitrogens with one attached hydrogen (secondary N) is 1. The fourth-order valence-electron chi connectivity index (χ4n) is 2.05. The zero-order valence-corrected chi connectivity index (χ0v) is 13.3. The quantitative estimate of drug-likeness (QED) is 0.578. The second-order valence-corrected chi connectivity index (χ2v) is 6.97. The van der Waals surface area contributed by atoms with Crippen molar-refractivity contribution in [3.8, 4) is 0 Å². The second kappa shape index (κ2) is 6.84. The lowest BCUT2D eigenvalue weighted by molar-refractivity contribution is -0.387. The standard InChI is InChI=1S/C13H18N2O6S/c1-8(2)7-10(13(16)17)14-22(20,21)12-9(3)5-4-6-11(12)15(18)19/h4-6,8,10,14H,7H2,1-3H3,(H,16,17)/t10-/m0/s1. The molecule has 1 rings (SSSR count). The van der Waals surface area contributed by atoms with Crippen LogP contribution in [0.3, 0.4) is 0 Å². The number of nitro groups is 1. The molecule has 0 aliphatic carbocycles. The number of carboxylic acid groups (broad SMARTS) is 1. The summed E-state index contributed by atoms with van der Waals surface area (Å²) in [6.07, 6.45) is 0.0776. The average molecular weight is 330 g/mol. The van der Waals surface area contributed by atoms with Crippen LogP contribution in [-0.4, -0.2) is 30.5 Å². The summed E-state index contributed by atoms with van der Waals surface area (Å²) >= 11 is 0. The van der Waals surface area contributed by atoms with Gasteiger partial charge in [-0.25, -0.2) is 8.42 Å². The Morgan fingerprint density at radius 2 is 2.00 bits per heavy atom. The Morgan fingerprint density at radius 1 is 1.41 bits per heavy atom. The number of nitro benzene ring substituents is 1. The van der Waals surface area contributed by atoms with E-state index in [1.165, 1.54) is 19.1 Å². The Bertz CT molecular complexity index is 684. The van der Waals surface area contributed by atoms with E-state index in [1.807, 2.05) is 4.72 Å². The van der Waals surface area contributed by atoms with Gasteiger partial charge in [0.2, 0.25) is 10.0 Å². The summed E-state index contributed by atoms with van der Waals surface area (Å²) < 4.78 is 26.8. The lowest BCUT2D eigenvalue weighted by atomic mass is 10.1. The van der Waals surface area contributed by atoms with E-state index in [4.69, 9.17) is 5.11 Å². The van der Waals surface area contributed by atoms with Crippen LogP contribution in [0.4, 0.5) is 5.69 Å². The molecule has 0 aliphatic heterocycles. The molecule has 0 spiro atoms. The zero-order valence-electron chi connectivity index (χ0n) is 12.4. The minimum atomic E-state index is -4.33. The SMILES string of the molecule is Cc1cccc([N+](=O)[O-])c1S(=O)(=O)N[C@@H](CC(C)C)C(=O)O. The molecule has 9 heteroatoms. The maximum atomic E-state index is 12.4. The summed E-state index contributed by atoms with van der Waals surface area (Å²) in [6, 6.07) is 2.51. The Balaban J connectivity index is 3.30. The van der Waals surface area contributed by atoms with Gasteiger partial charge in [-0.15, -0.1) is 0 Å². The van der Waals surface area contributed by atoms with Crippen LogP contribution in [0.2, 0.25) is 0 Å². The van der Waals surface area contributed by atoms with Crippen molar-refractivity contribution < 1.29 is 23.2 Å². The number of rotatable bonds is 7. The van der Waals surface area contributed by atoms with Crippen molar-refractivity contribution >= 4 is 21.7 Å². The number of aryl methyl sites for hydroxylation is 1. The van der Waals surface area contributed by atoms with E-state index >= 15 is 0 Å².